The Morgan fingerprint density at radius 3 is 2.76 bits per heavy atom. The second kappa shape index (κ2) is 5.95. The van der Waals surface area contributed by atoms with Gasteiger partial charge in [0.1, 0.15) is 5.75 Å². The van der Waals surface area contributed by atoms with Gasteiger partial charge in [-0.05, 0) is 36.6 Å². The molecule has 1 aromatic rings. The number of nitrogens with zero attached hydrogens (tertiary/aromatic N) is 1. The summed E-state index contributed by atoms with van der Waals surface area (Å²) in [4.78, 5) is 2.37. The monoisotopic (exact) mass is 291 g/mol. The SMILES string of the molecule is CCC(C)(C(O)c1ccc2c(c1)CCO2)N1CCOCC1. The Morgan fingerprint density at radius 1 is 1.29 bits per heavy atom. The maximum Gasteiger partial charge on any atom is 0.122 e. The first-order valence-corrected chi connectivity index (χ1v) is 7.91. The largest absolute Gasteiger partial charge is 0.493 e. The van der Waals surface area contributed by atoms with Crippen LogP contribution in [0.4, 0.5) is 0 Å². The highest BCUT2D eigenvalue weighted by Crippen LogP contribution is 2.37. The normalized spacial score (nSPS) is 23.2. The van der Waals surface area contributed by atoms with Crippen LogP contribution in [0.1, 0.15) is 37.5 Å². The number of hydrogen-bond acceptors (Lipinski definition) is 4. The molecule has 1 N–H and O–H groups in total. The van der Waals surface area contributed by atoms with Crippen molar-refractivity contribution >= 4 is 0 Å². The zero-order valence-electron chi connectivity index (χ0n) is 13.0. The van der Waals surface area contributed by atoms with Gasteiger partial charge in [-0.25, -0.2) is 0 Å². The number of benzene rings is 1. The molecule has 2 aliphatic heterocycles. The van der Waals surface area contributed by atoms with E-state index in [0.717, 1.165) is 57.1 Å². The molecule has 0 aliphatic carbocycles. The molecule has 2 unspecified atom stereocenters. The fourth-order valence-electron chi connectivity index (χ4n) is 3.40. The summed E-state index contributed by atoms with van der Waals surface area (Å²) in [5, 5.41) is 11.0. The Bertz CT molecular complexity index is 499. The predicted molar refractivity (Wildman–Crippen MR) is 81.7 cm³/mol. The lowest BCUT2D eigenvalue weighted by Crippen LogP contribution is -2.54. The highest BCUT2D eigenvalue weighted by atomic mass is 16.5. The van der Waals surface area contributed by atoms with Crippen molar-refractivity contribution in [1.29, 1.82) is 0 Å². The van der Waals surface area contributed by atoms with Gasteiger partial charge in [-0.3, -0.25) is 4.90 Å². The van der Waals surface area contributed by atoms with E-state index in [1.807, 2.05) is 12.1 Å². The first-order valence-electron chi connectivity index (χ1n) is 7.91. The minimum Gasteiger partial charge on any atom is -0.493 e. The smallest absolute Gasteiger partial charge is 0.122 e. The molecule has 3 rings (SSSR count). The summed E-state index contributed by atoms with van der Waals surface area (Å²) >= 11 is 0. The van der Waals surface area contributed by atoms with Gasteiger partial charge < -0.3 is 14.6 Å². The fraction of sp³-hybridized carbons (Fsp3) is 0.647. The van der Waals surface area contributed by atoms with Crippen LogP contribution >= 0.6 is 0 Å². The Morgan fingerprint density at radius 2 is 2.05 bits per heavy atom. The summed E-state index contributed by atoms with van der Waals surface area (Å²) < 4.78 is 11.0. The maximum atomic E-state index is 11.0. The van der Waals surface area contributed by atoms with Crippen LogP contribution in [0.2, 0.25) is 0 Å². The predicted octanol–water partition coefficient (Wildman–Crippen LogP) is 2.16. The Kier molecular flexibility index (Phi) is 4.20. The Hall–Kier alpha value is -1.10. The molecule has 0 amide bonds. The van der Waals surface area contributed by atoms with Crippen LogP contribution in [-0.2, 0) is 11.2 Å². The highest BCUT2D eigenvalue weighted by Gasteiger charge is 2.39. The van der Waals surface area contributed by atoms with E-state index in [1.54, 1.807) is 0 Å². The molecule has 1 saturated heterocycles. The van der Waals surface area contributed by atoms with Crippen molar-refractivity contribution in [1.82, 2.24) is 4.90 Å². The third kappa shape index (κ3) is 2.68. The molecule has 0 bridgehead atoms. The van der Waals surface area contributed by atoms with Crippen molar-refractivity contribution in [2.24, 2.45) is 0 Å². The van der Waals surface area contributed by atoms with E-state index < -0.39 is 6.10 Å². The molecule has 0 spiro atoms. The zero-order chi connectivity index (χ0) is 14.9. The standard InChI is InChI=1S/C17H25NO3/c1-3-17(2,18-7-10-20-11-8-18)16(19)14-4-5-15-13(12-14)6-9-21-15/h4-5,12,16,19H,3,6-11H2,1-2H3. The number of morpholine rings is 1. The van der Waals surface area contributed by atoms with Gasteiger partial charge in [0.2, 0.25) is 0 Å². The molecule has 4 heteroatoms. The van der Waals surface area contributed by atoms with Crippen LogP contribution in [0.25, 0.3) is 0 Å². The van der Waals surface area contributed by atoms with Crippen molar-refractivity contribution in [2.45, 2.75) is 38.3 Å². The van der Waals surface area contributed by atoms with Gasteiger partial charge in [-0.2, -0.15) is 0 Å². The number of fused-ring (bicyclic) bond motifs is 1. The molecular formula is C17H25NO3. The second-order valence-corrected chi connectivity index (χ2v) is 6.18. The van der Waals surface area contributed by atoms with Gasteiger partial charge in [0.05, 0.1) is 25.9 Å². The van der Waals surface area contributed by atoms with E-state index >= 15 is 0 Å². The average molecular weight is 291 g/mol. The lowest BCUT2D eigenvalue weighted by atomic mass is 9.84. The van der Waals surface area contributed by atoms with E-state index in [0.29, 0.717) is 0 Å². The summed E-state index contributed by atoms with van der Waals surface area (Å²) in [6, 6.07) is 6.11. The van der Waals surface area contributed by atoms with Crippen molar-refractivity contribution in [3.63, 3.8) is 0 Å². The quantitative estimate of drug-likeness (QED) is 0.923. The van der Waals surface area contributed by atoms with Crippen molar-refractivity contribution in [3.8, 4) is 5.75 Å². The summed E-state index contributed by atoms with van der Waals surface area (Å²) in [5.41, 5.74) is 1.96. The van der Waals surface area contributed by atoms with Gasteiger partial charge in [-0.15, -0.1) is 0 Å². The molecule has 2 atom stereocenters. The summed E-state index contributed by atoms with van der Waals surface area (Å²) in [6.45, 7) is 8.33. The van der Waals surface area contributed by atoms with Gasteiger partial charge >= 0.3 is 0 Å². The van der Waals surface area contributed by atoms with Gasteiger partial charge in [-0.1, -0.05) is 13.0 Å². The van der Waals surface area contributed by atoms with Crippen molar-refractivity contribution < 1.29 is 14.6 Å². The second-order valence-electron chi connectivity index (χ2n) is 6.18. The molecule has 0 radical (unpaired) electrons. The van der Waals surface area contributed by atoms with E-state index in [-0.39, 0.29) is 5.54 Å². The average Bonchev–Trinajstić information content (AvgIpc) is 3.01. The number of ether oxygens (including phenoxy) is 2. The molecule has 0 aromatic heterocycles. The van der Waals surface area contributed by atoms with E-state index in [2.05, 4.69) is 24.8 Å². The molecule has 1 aromatic carbocycles. The third-order valence-corrected chi connectivity index (χ3v) is 5.07. The molecule has 21 heavy (non-hydrogen) atoms. The Labute approximate surface area is 126 Å². The van der Waals surface area contributed by atoms with Crippen LogP contribution in [0, 0.1) is 0 Å². The number of aliphatic hydroxyl groups excluding tert-OH is 1. The van der Waals surface area contributed by atoms with Crippen molar-refractivity contribution in [3.05, 3.63) is 29.3 Å². The summed E-state index contributed by atoms with van der Waals surface area (Å²) in [6.07, 6.45) is 1.35. The van der Waals surface area contributed by atoms with Crippen LogP contribution in [0.3, 0.4) is 0 Å². The highest BCUT2D eigenvalue weighted by molar-refractivity contribution is 5.41. The Balaban J connectivity index is 1.85. The lowest BCUT2D eigenvalue weighted by molar-refractivity contribution is -0.0734. The molecule has 1 fully saturated rings. The number of hydrogen-bond donors (Lipinski definition) is 1. The zero-order valence-corrected chi connectivity index (χ0v) is 13.0. The van der Waals surface area contributed by atoms with Crippen LogP contribution in [0.5, 0.6) is 5.75 Å². The molecule has 4 nitrogen and oxygen atoms in total. The summed E-state index contributed by atoms with van der Waals surface area (Å²) in [7, 11) is 0. The maximum absolute atomic E-state index is 11.0. The summed E-state index contributed by atoms with van der Waals surface area (Å²) in [5.74, 6) is 0.968. The number of aliphatic hydroxyl groups is 1. The van der Waals surface area contributed by atoms with Crippen LogP contribution in [0.15, 0.2) is 18.2 Å². The van der Waals surface area contributed by atoms with E-state index in [4.69, 9.17) is 9.47 Å². The molecular weight excluding hydrogens is 266 g/mol. The minimum absolute atomic E-state index is 0.253. The third-order valence-electron chi connectivity index (χ3n) is 5.07. The molecule has 2 aliphatic rings. The number of rotatable bonds is 4. The van der Waals surface area contributed by atoms with Gasteiger partial charge in [0.25, 0.3) is 0 Å². The van der Waals surface area contributed by atoms with Gasteiger partial charge in [0, 0.05) is 25.0 Å². The molecule has 2 heterocycles. The first kappa shape index (κ1) is 14.8. The van der Waals surface area contributed by atoms with Crippen LogP contribution < -0.4 is 4.74 Å². The van der Waals surface area contributed by atoms with E-state index in [1.165, 1.54) is 5.56 Å². The minimum atomic E-state index is -0.494. The van der Waals surface area contributed by atoms with Crippen molar-refractivity contribution in [2.75, 3.05) is 32.9 Å². The van der Waals surface area contributed by atoms with E-state index in [9.17, 15) is 5.11 Å². The van der Waals surface area contributed by atoms with Crippen LogP contribution in [-0.4, -0.2) is 48.5 Å². The topological polar surface area (TPSA) is 41.9 Å². The molecule has 0 saturated carbocycles. The molecule has 116 valence electrons. The lowest BCUT2D eigenvalue weighted by Gasteiger charge is -2.46. The first-order chi connectivity index (χ1) is 10.1. The van der Waals surface area contributed by atoms with Gasteiger partial charge in [0.15, 0.2) is 0 Å². The fourth-order valence-corrected chi connectivity index (χ4v) is 3.40.